The maximum atomic E-state index is 12.2. The summed E-state index contributed by atoms with van der Waals surface area (Å²) in [6, 6.07) is 12.9. The summed E-state index contributed by atoms with van der Waals surface area (Å²) in [4.78, 5) is 12.2. The normalized spacial score (nSPS) is 13.6. The van der Waals surface area contributed by atoms with Gasteiger partial charge in [0.15, 0.2) is 5.60 Å². The second-order valence-electron chi connectivity index (χ2n) is 6.40. The van der Waals surface area contributed by atoms with E-state index in [1.165, 1.54) is 18.2 Å². The van der Waals surface area contributed by atoms with E-state index in [1.54, 1.807) is 57.2 Å². The van der Waals surface area contributed by atoms with Gasteiger partial charge in [-0.25, -0.2) is 4.79 Å². The van der Waals surface area contributed by atoms with Crippen LogP contribution in [-0.2, 0) is 15.9 Å². The Kier molecular flexibility index (Phi) is 5.18. The van der Waals surface area contributed by atoms with Gasteiger partial charge in [0.25, 0.3) is 0 Å². The molecule has 0 radical (unpaired) electrons. The minimum Gasteiger partial charge on any atom is -0.508 e. The van der Waals surface area contributed by atoms with Crippen molar-refractivity contribution >= 4 is 6.16 Å². The van der Waals surface area contributed by atoms with Crippen molar-refractivity contribution in [1.82, 2.24) is 0 Å². The number of aromatic hydroxyl groups is 1. The van der Waals surface area contributed by atoms with Crippen molar-refractivity contribution in [3.63, 3.8) is 0 Å². The van der Waals surface area contributed by atoms with Crippen LogP contribution in [0.2, 0.25) is 0 Å². The highest BCUT2D eigenvalue weighted by Crippen LogP contribution is 2.30. The van der Waals surface area contributed by atoms with Gasteiger partial charge in [0.05, 0.1) is 5.60 Å². The third-order valence-electron chi connectivity index (χ3n) is 3.85. The second kappa shape index (κ2) is 6.99. The summed E-state index contributed by atoms with van der Waals surface area (Å²) in [6.45, 7) is 8.62. The molecule has 0 bridgehead atoms. The Balaban J connectivity index is 2.17. The van der Waals surface area contributed by atoms with Crippen LogP contribution in [0.25, 0.3) is 0 Å². The molecule has 25 heavy (non-hydrogen) atoms. The Morgan fingerprint density at radius 3 is 2.32 bits per heavy atom. The molecule has 0 heterocycles. The molecule has 0 amide bonds. The van der Waals surface area contributed by atoms with Gasteiger partial charge >= 0.3 is 6.16 Å². The molecule has 5 heteroatoms. The highest BCUT2D eigenvalue weighted by molar-refractivity contribution is 5.65. The van der Waals surface area contributed by atoms with E-state index in [1.807, 2.05) is 0 Å². The quantitative estimate of drug-likeness (QED) is 0.483. The minimum atomic E-state index is -1.16. The van der Waals surface area contributed by atoms with Gasteiger partial charge < -0.3 is 19.7 Å². The van der Waals surface area contributed by atoms with E-state index in [0.29, 0.717) is 11.1 Å². The molecule has 0 aliphatic carbocycles. The van der Waals surface area contributed by atoms with E-state index in [4.69, 9.17) is 9.47 Å². The first-order valence-electron chi connectivity index (χ1n) is 7.81. The highest BCUT2D eigenvalue weighted by Gasteiger charge is 2.29. The number of rotatable bonds is 5. The zero-order valence-electron chi connectivity index (χ0n) is 14.5. The van der Waals surface area contributed by atoms with Crippen LogP contribution in [0.4, 0.5) is 4.79 Å². The SMILES string of the molecule is C=CC(C)(OC(=O)Oc1cccc(C(C)(C)O)c1)c1cccc(O)c1. The fraction of sp³-hybridized carbons (Fsp3) is 0.250. The topological polar surface area (TPSA) is 76.0 Å². The van der Waals surface area contributed by atoms with Gasteiger partial charge in [-0.15, -0.1) is 0 Å². The lowest BCUT2D eigenvalue weighted by molar-refractivity contribution is 0.0240. The van der Waals surface area contributed by atoms with E-state index < -0.39 is 17.4 Å². The molecule has 0 saturated carbocycles. The van der Waals surface area contributed by atoms with E-state index in [9.17, 15) is 15.0 Å². The monoisotopic (exact) mass is 342 g/mol. The Morgan fingerprint density at radius 1 is 1.08 bits per heavy atom. The third-order valence-corrected chi connectivity index (χ3v) is 3.85. The summed E-state index contributed by atoms with van der Waals surface area (Å²) in [5.74, 6) is 0.312. The maximum Gasteiger partial charge on any atom is 0.515 e. The number of hydrogen-bond donors (Lipinski definition) is 2. The molecule has 2 aromatic carbocycles. The van der Waals surface area contributed by atoms with E-state index in [2.05, 4.69) is 6.58 Å². The molecule has 2 aromatic rings. The fourth-order valence-corrected chi connectivity index (χ4v) is 2.26. The van der Waals surface area contributed by atoms with E-state index in [0.717, 1.165) is 0 Å². The average Bonchev–Trinajstić information content (AvgIpc) is 2.54. The number of carbonyl (C=O) groups is 1. The number of hydrogen-bond acceptors (Lipinski definition) is 5. The first kappa shape index (κ1) is 18.5. The van der Waals surface area contributed by atoms with Crippen molar-refractivity contribution in [2.24, 2.45) is 0 Å². The Bertz CT molecular complexity index is 776. The first-order chi connectivity index (χ1) is 11.6. The first-order valence-corrected chi connectivity index (χ1v) is 7.81. The number of phenolic OH excluding ortho intramolecular Hbond substituents is 1. The highest BCUT2D eigenvalue weighted by atomic mass is 16.7. The van der Waals surface area contributed by atoms with Crippen molar-refractivity contribution in [2.45, 2.75) is 32.0 Å². The van der Waals surface area contributed by atoms with Crippen molar-refractivity contribution in [3.05, 3.63) is 72.3 Å². The van der Waals surface area contributed by atoms with Crippen LogP contribution in [-0.4, -0.2) is 16.4 Å². The Morgan fingerprint density at radius 2 is 1.72 bits per heavy atom. The van der Waals surface area contributed by atoms with E-state index in [-0.39, 0.29) is 11.5 Å². The largest absolute Gasteiger partial charge is 0.515 e. The molecule has 2 N–H and O–H groups in total. The predicted molar refractivity (Wildman–Crippen MR) is 94.5 cm³/mol. The summed E-state index contributed by atoms with van der Waals surface area (Å²) in [5, 5.41) is 19.7. The lowest BCUT2D eigenvalue weighted by atomic mass is 9.96. The third kappa shape index (κ3) is 4.61. The van der Waals surface area contributed by atoms with Gasteiger partial charge in [-0.3, -0.25) is 0 Å². The number of phenols is 1. The number of ether oxygens (including phenoxy) is 2. The van der Waals surface area contributed by atoms with Crippen molar-refractivity contribution in [2.75, 3.05) is 0 Å². The van der Waals surface area contributed by atoms with Crippen molar-refractivity contribution in [3.8, 4) is 11.5 Å². The fourth-order valence-electron chi connectivity index (χ4n) is 2.26. The van der Waals surface area contributed by atoms with Crippen LogP contribution in [0.15, 0.2) is 61.2 Å². The van der Waals surface area contributed by atoms with E-state index >= 15 is 0 Å². The van der Waals surface area contributed by atoms with Gasteiger partial charge in [0.1, 0.15) is 11.5 Å². The standard InChI is InChI=1S/C20H22O5/c1-5-20(4,15-9-6-10-16(21)12-15)25-18(22)24-17-11-7-8-14(13-17)19(2,3)23/h5-13,21,23H,1H2,2-4H3. The molecule has 0 aliphatic heterocycles. The molecule has 2 rings (SSSR count). The van der Waals surface area contributed by atoms with Crippen molar-refractivity contribution in [1.29, 1.82) is 0 Å². The molecule has 0 fully saturated rings. The summed E-state index contributed by atoms with van der Waals surface area (Å²) >= 11 is 0. The summed E-state index contributed by atoms with van der Waals surface area (Å²) in [5.41, 5.74) is -1.05. The molecular formula is C20H22O5. The van der Waals surface area contributed by atoms with Crippen LogP contribution < -0.4 is 4.74 Å². The smallest absolute Gasteiger partial charge is 0.508 e. The molecule has 0 saturated heterocycles. The summed E-state index contributed by atoms with van der Waals surface area (Å²) in [7, 11) is 0. The molecule has 132 valence electrons. The summed E-state index contributed by atoms with van der Waals surface area (Å²) in [6.07, 6.45) is 0.537. The molecule has 0 spiro atoms. The van der Waals surface area contributed by atoms with Gasteiger partial charge in [0.2, 0.25) is 0 Å². The van der Waals surface area contributed by atoms with Crippen molar-refractivity contribution < 1.29 is 24.5 Å². The summed E-state index contributed by atoms with van der Waals surface area (Å²) < 4.78 is 10.6. The minimum absolute atomic E-state index is 0.0559. The molecule has 1 unspecified atom stereocenters. The van der Waals surface area contributed by atoms with Crippen LogP contribution in [0.5, 0.6) is 11.5 Å². The lowest BCUT2D eigenvalue weighted by Crippen LogP contribution is -2.28. The molecule has 5 nitrogen and oxygen atoms in total. The maximum absolute atomic E-state index is 12.2. The molecule has 1 atom stereocenters. The Labute approximate surface area is 147 Å². The number of carbonyl (C=O) groups excluding carboxylic acids is 1. The van der Waals surface area contributed by atoms with Gasteiger partial charge in [-0.1, -0.05) is 30.8 Å². The van der Waals surface area contributed by atoms with Gasteiger partial charge in [-0.2, -0.15) is 0 Å². The van der Waals surface area contributed by atoms with Crippen LogP contribution in [0.3, 0.4) is 0 Å². The number of benzene rings is 2. The second-order valence-corrected chi connectivity index (χ2v) is 6.40. The zero-order valence-corrected chi connectivity index (χ0v) is 14.5. The van der Waals surface area contributed by atoms with Crippen LogP contribution >= 0.6 is 0 Å². The Hall–Kier alpha value is -2.79. The van der Waals surface area contributed by atoms with Gasteiger partial charge in [-0.05, 0) is 56.7 Å². The van der Waals surface area contributed by atoms with Crippen LogP contribution in [0, 0.1) is 0 Å². The molecular weight excluding hydrogens is 320 g/mol. The molecule has 0 aromatic heterocycles. The zero-order chi connectivity index (χ0) is 18.7. The van der Waals surface area contributed by atoms with Crippen LogP contribution in [0.1, 0.15) is 31.9 Å². The lowest BCUT2D eigenvalue weighted by Gasteiger charge is -2.26. The average molecular weight is 342 g/mol. The number of aliphatic hydroxyl groups is 1. The van der Waals surface area contributed by atoms with Gasteiger partial charge in [0, 0.05) is 5.56 Å². The predicted octanol–water partition coefficient (Wildman–Crippen LogP) is 4.24. The molecule has 0 aliphatic rings.